The largest absolute Gasteiger partial charge is 0.483 e. The predicted octanol–water partition coefficient (Wildman–Crippen LogP) is -4.28. The molecule has 1 aromatic rings. The van der Waals surface area contributed by atoms with Crippen LogP contribution in [0.5, 0.6) is 0 Å². The minimum atomic E-state index is -5.67. The number of rotatable bonds is 15. The van der Waals surface area contributed by atoms with E-state index in [9.17, 15) is 58.8 Å². The van der Waals surface area contributed by atoms with Gasteiger partial charge in [0.25, 0.3) is 5.56 Å². The van der Waals surface area contributed by atoms with Crippen molar-refractivity contribution in [1.82, 2.24) is 20.2 Å². The first-order valence-corrected chi connectivity index (χ1v) is 16.2. The minimum Gasteiger partial charge on any atom is -0.394 e. The number of amides is 1. The van der Waals surface area contributed by atoms with Gasteiger partial charge in [0.15, 0.2) is 12.5 Å². The Balaban J connectivity index is 1.64. The molecule has 252 valence electrons. The van der Waals surface area contributed by atoms with Gasteiger partial charge in [0.2, 0.25) is 5.91 Å². The molecule has 2 saturated heterocycles. The van der Waals surface area contributed by atoms with E-state index in [1.54, 1.807) is 7.05 Å². The maximum atomic E-state index is 12.7. The number of aromatic amines is 1. The highest BCUT2D eigenvalue weighted by atomic mass is 31.3. The number of hydrogen-bond acceptors (Lipinski definition) is 16. The second-order valence-electron chi connectivity index (χ2n) is 9.84. The molecule has 3 heterocycles. The molecule has 2 fully saturated rings. The van der Waals surface area contributed by atoms with Crippen LogP contribution in [0.15, 0.2) is 21.9 Å². The molecule has 0 saturated carbocycles. The van der Waals surface area contributed by atoms with Crippen LogP contribution in [0.1, 0.15) is 25.5 Å². The SMILES string of the molecule is CNCCCCC(=O)NC1[C@@H](OP(=O)(O)OP(=O)(O)OCC2OC(n3ccc(=O)[nH]c3=O)C(O)C2O)OC(CO)C(O)[C@H]1O. The molecule has 0 spiro atoms. The Labute approximate surface area is 248 Å². The van der Waals surface area contributed by atoms with E-state index in [1.807, 2.05) is 4.98 Å². The monoisotopic (exact) mass is 678 g/mol. The maximum absolute atomic E-state index is 12.7. The van der Waals surface area contributed by atoms with E-state index in [-0.39, 0.29) is 6.42 Å². The molecule has 0 bridgehead atoms. The number of phosphoric acid groups is 2. The number of nitrogens with one attached hydrogen (secondary N) is 3. The normalized spacial score (nSPS) is 33.4. The molecule has 3 rings (SSSR count). The van der Waals surface area contributed by atoms with Crippen molar-refractivity contribution in [3.63, 3.8) is 0 Å². The third-order valence-electron chi connectivity index (χ3n) is 6.60. The number of H-pyrrole nitrogens is 1. The van der Waals surface area contributed by atoms with Gasteiger partial charge in [0, 0.05) is 18.7 Å². The number of ether oxygens (including phenoxy) is 2. The van der Waals surface area contributed by atoms with Gasteiger partial charge in [-0.25, -0.2) is 13.9 Å². The number of phosphoric ester groups is 2. The van der Waals surface area contributed by atoms with Crippen LogP contribution >= 0.6 is 15.6 Å². The van der Waals surface area contributed by atoms with Gasteiger partial charge in [-0.3, -0.25) is 28.2 Å². The first-order chi connectivity index (χ1) is 20.6. The van der Waals surface area contributed by atoms with Gasteiger partial charge >= 0.3 is 21.3 Å². The zero-order chi connectivity index (χ0) is 32.8. The van der Waals surface area contributed by atoms with E-state index in [1.165, 1.54) is 0 Å². The van der Waals surface area contributed by atoms with Crippen molar-refractivity contribution >= 4 is 21.6 Å². The fraction of sp³-hybridized carbons (Fsp3) is 0.762. The summed E-state index contributed by atoms with van der Waals surface area (Å²) in [4.78, 5) is 57.8. The molecular formula is C21H36N4O17P2. The molecular weight excluding hydrogens is 642 g/mol. The first-order valence-electron chi connectivity index (χ1n) is 13.2. The molecule has 2 aliphatic rings. The van der Waals surface area contributed by atoms with Crippen LogP contribution in [0.3, 0.4) is 0 Å². The zero-order valence-corrected chi connectivity index (χ0v) is 24.9. The van der Waals surface area contributed by atoms with Gasteiger partial charge in [-0.05, 0) is 26.4 Å². The van der Waals surface area contributed by atoms with E-state index in [0.29, 0.717) is 19.4 Å². The second-order valence-corrected chi connectivity index (χ2v) is 12.8. The molecule has 10 N–H and O–H groups in total. The smallest absolute Gasteiger partial charge is 0.394 e. The number of carbonyl (C=O) groups excluding carboxylic acids is 1. The average Bonchev–Trinajstić information content (AvgIpc) is 3.22. The molecule has 1 aromatic heterocycles. The second kappa shape index (κ2) is 15.6. The fourth-order valence-corrected chi connectivity index (χ4v) is 6.53. The summed E-state index contributed by atoms with van der Waals surface area (Å²) in [6.07, 6.45) is -12.1. The van der Waals surface area contributed by atoms with E-state index in [2.05, 4.69) is 19.5 Å². The summed E-state index contributed by atoms with van der Waals surface area (Å²) in [5.41, 5.74) is -1.75. The molecule has 23 heteroatoms. The summed E-state index contributed by atoms with van der Waals surface area (Å²) in [5, 5.41) is 55.8. The summed E-state index contributed by atoms with van der Waals surface area (Å²) in [7, 11) is -9.49. The highest BCUT2D eigenvalue weighted by molar-refractivity contribution is 7.61. The van der Waals surface area contributed by atoms with Gasteiger partial charge in [-0.1, -0.05) is 0 Å². The number of nitrogens with zero attached hydrogens (tertiary/aromatic N) is 1. The van der Waals surface area contributed by atoms with Crippen LogP contribution in [0.25, 0.3) is 0 Å². The lowest BCUT2D eigenvalue weighted by atomic mass is 9.97. The summed E-state index contributed by atoms with van der Waals surface area (Å²) in [6, 6.07) is -0.772. The standard InChI is InChI=1S/C21H36N4O17P2/c1-22-6-3-2-4-12(27)23-14-17(31)15(29)10(8-26)40-20(14)41-44(36,37)42-43(34,35)38-9-11-16(30)18(32)19(39-11)25-7-5-13(28)24-21(25)33/h5,7,10-11,14-20,22,26,29-32H,2-4,6,8-9H2,1H3,(H,23,27)(H,34,35)(H,36,37)(H,24,28,33)/t10?,11?,14?,15?,16?,17-,18?,19?,20+/m0/s1. The van der Waals surface area contributed by atoms with Crippen molar-refractivity contribution in [3.05, 3.63) is 33.1 Å². The van der Waals surface area contributed by atoms with Crippen LogP contribution < -0.4 is 21.9 Å². The highest BCUT2D eigenvalue weighted by Crippen LogP contribution is 2.61. The van der Waals surface area contributed by atoms with Gasteiger partial charge in [0.1, 0.15) is 42.7 Å². The number of carbonyl (C=O) groups is 1. The van der Waals surface area contributed by atoms with Crippen LogP contribution in [-0.2, 0) is 36.8 Å². The molecule has 2 aliphatic heterocycles. The van der Waals surface area contributed by atoms with Gasteiger partial charge in [0.05, 0.1) is 13.2 Å². The van der Waals surface area contributed by atoms with Crippen LogP contribution in [0.4, 0.5) is 0 Å². The lowest BCUT2D eigenvalue weighted by Crippen LogP contribution is -2.64. The van der Waals surface area contributed by atoms with Crippen LogP contribution in [0, 0.1) is 0 Å². The Bertz CT molecular complexity index is 1330. The Morgan fingerprint density at radius 1 is 1.02 bits per heavy atom. The Kier molecular flexibility index (Phi) is 13.0. The molecule has 0 radical (unpaired) electrons. The third-order valence-corrected chi connectivity index (χ3v) is 9.20. The number of aliphatic hydroxyl groups excluding tert-OH is 5. The minimum absolute atomic E-state index is 0.0500. The Morgan fingerprint density at radius 3 is 2.34 bits per heavy atom. The maximum Gasteiger partial charge on any atom is 0.483 e. The number of unbranched alkanes of at least 4 members (excludes halogenated alkanes) is 1. The lowest BCUT2D eigenvalue weighted by molar-refractivity contribution is -0.248. The highest BCUT2D eigenvalue weighted by Gasteiger charge is 2.50. The quantitative estimate of drug-likeness (QED) is 0.0620. The summed E-state index contributed by atoms with van der Waals surface area (Å²) < 4.78 is 50.0. The third kappa shape index (κ3) is 9.55. The van der Waals surface area contributed by atoms with E-state index in [0.717, 1.165) is 16.8 Å². The molecule has 0 aromatic carbocycles. The summed E-state index contributed by atoms with van der Waals surface area (Å²) in [6.45, 7) is -1.32. The molecule has 11 atom stereocenters. The van der Waals surface area contributed by atoms with E-state index < -0.39 is 101 Å². The summed E-state index contributed by atoms with van der Waals surface area (Å²) >= 11 is 0. The van der Waals surface area contributed by atoms with Gasteiger partial charge in [-0.15, -0.1) is 0 Å². The van der Waals surface area contributed by atoms with Crippen molar-refractivity contribution in [2.75, 3.05) is 26.8 Å². The van der Waals surface area contributed by atoms with Crippen molar-refractivity contribution in [2.45, 2.75) is 74.4 Å². The summed E-state index contributed by atoms with van der Waals surface area (Å²) in [5.74, 6) is -0.665. The first kappa shape index (κ1) is 36.6. The predicted molar refractivity (Wildman–Crippen MR) is 142 cm³/mol. The van der Waals surface area contributed by atoms with Crippen molar-refractivity contribution in [2.24, 2.45) is 0 Å². The number of hydrogen-bond donors (Lipinski definition) is 10. The number of aliphatic hydroxyl groups is 5. The van der Waals surface area contributed by atoms with Crippen molar-refractivity contribution in [1.29, 1.82) is 0 Å². The van der Waals surface area contributed by atoms with E-state index >= 15 is 0 Å². The average molecular weight is 678 g/mol. The Morgan fingerprint density at radius 2 is 1.70 bits per heavy atom. The van der Waals surface area contributed by atoms with Crippen molar-refractivity contribution < 1.29 is 72.1 Å². The molecule has 0 aliphatic carbocycles. The topological polar surface area (TPSA) is 318 Å². The molecule has 21 nitrogen and oxygen atoms in total. The fourth-order valence-electron chi connectivity index (χ4n) is 4.37. The lowest BCUT2D eigenvalue weighted by Gasteiger charge is -2.42. The number of aromatic nitrogens is 2. The van der Waals surface area contributed by atoms with Crippen LogP contribution in [0.2, 0.25) is 0 Å². The van der Waals surface area contributed by atoms with E-state index in [4.69, 9.17) is 14.0 Å². The molecule has 1 amide bonds. The Hall–Kier alpha value is -1.91. The molecule has 44 heavy (non-hydrogen) atoms. The van der Waals surface area contributed by atoms with Crippen LogP contribution in [-0.4, -0.2) is 127 Å². The van der Waals surface area contributed by atoms with Crippen molar-refractivity contribution in [3.8, 4) is 0 Å². The zero-order valence-electron chi connectivity index (χ0n) is 23.1. The van der Waals surface area contributed by atoms with Gasteiger partial charge < -0.3 is 55.4 Å². The van der Waals surface area contributed by atoms with Gasteiger partial charge in [-0.2, -0.15) is 4.31 Å². The molecule has 9 unspecified atom stereocenters.